The van der Waals surface area contributed by atoms with Crippen molar-refractivity contribution in [2.24, 2.45) is 0 Å². The van der Waals surface area contributed by atoms with E-state index in [2.05, 4.69) is 0 Å². The van der Waals surface area contributed by atoms with Gasteiger partial charge in [-0.2, -0.15) is 0 Å². The van der Waals surface area contributed by atoms with Gasteiger partial charge in [-0.25, -0.2) is 0 Å². The summed E-state index contributed by atoms with van der Waals surface area (Å²) in [6.45, 7) is 4.86. The van der Waals surface area contributed by atoms with Gasteiger partial charge in [-0.3, -0.25) is 9.59 Å². The topological polar surface area (TPSA) is 98.4 Å². The van der Waals surface area contributed by atoms with Crippen molar-refractivity contribution in [1.29, 1.82) is 0 Å². The van der Waals surface area contributed by atoms with Crippen LogP contribution in [0.2, 0.25) is 0 Å². The number of hydrogen-bond acceptors (Lipinski definition) is 7. The van der Waals surface area contributed by atoms with E-state index in [1.165, 1.54) is 11.2 Å². The average Bonchev–Trinajstić information content (AvgIpc) is 3.50. The molecule has 1 amide bonds. The number of Topliss-reactive ketones (excluding diaryl/α,β-unsaturated/α-hetero) is 1. The van der Waals surface area contributed by atoms with Crippen LogP contribution in [-0.2, 0) is 16.1 Å². The molecule has 3 aromatic rings. The number of methoxy groups -OCH3 is 1. The minimum Gasteiger partial charge on any atom is -0.507 e. The van der Waals surface area contributed by atoms with Crippen LogP contribution in [0.5, 0.6) is 17.2 Å². The lowest BCUT2D eigenvalue weighted by atomic mass is 9.95. The molecule has 1 saturated heterocycles. The summed E-state index contributed by atoms with van der Waals surface area (Å²) >= 11 is 0. The van der Waals surface area contributed by atoms with E-state index in [0.717, 1.165) is 6.42 Å². The highest BCUT2D eigenvalue weighted by atomic mass is 16.5. The first-order valence-electron chi connectivity index (χ1n) is 11.8. The maximum atomic E-state index is 13.3. The number of aliphatic hydroxyl groups excluding tert-OH is 1. The fraction of sp³-hybridized carbons (Fsp3) is 0.286. The summed E-state index contributed by atoms with van der Waals surface area (Å²) in [5.41, 5.74) is 0.981. The molecule has 0 bridgehead atoms. The number of ether oxygens (including phenoxy) is 3. The number of amides is 1. The van der Waals surface area contributed by atoms with Gasteiger partial charge in [0.2, 0.25) is 0 Å². The first kappa shape index (κ1) is 24.9. The fourth-order valence-electron chi connectivity index (χ4n) is 4.16. The molecule has 1 aliphatic heterocycles. The third-order valence-corrected chi connectivity index (χ3v) is 5.85. The highest BCUT2D eigenvalue weighted by Gasteiger charge is 2.46. The molecule has 188 valence electrons. The summed E-state index contributed by atoms with van der Waals surface area (Å²) in [6.07, 6.45) is 2.34. The third kappa shape index (κ3) is 4.93. The Balaban J connectivity index is 1.85. The second kappa shape index (κ2) is 11.0. The molecule has 4 rings (SSSR count). The number of carbonyl (C=O) groups is 2. The molecular weight excluding hydrogens is 462 g/mol. The molecule has 36 heavy (non-hydrogen) atoms. The Morgan fingerprint density at radius 3 is 2.44 bits per heavy atom. The number of hydrogen-bond donors (Lipinski definition) is 1. The summed E-state index contributed by atoms with van der Waals surface area (Å²) in [5, 5.41) is 11.3. The summed E-state index contributed by atoms with van der Waals surface area (Å²) in [6, 6.07) is 14.5. The third-order valence-electron chi connectivity index (χ3n) is 5.85. The molecular formula is C28H29NO7. The number of nitrogens with zero attached hydrogens (tertiary/aromatic N) is 1. The Labute approximate surface area is 209 Å². The van der Waals surface area contributed by atoms with E-state index in [0.29, 0.717) is 47.3 Å². The lowest BCUT2D eigenvalue weighted by Crippen LogP contribution is -2.29. The number of benzene rings is 2. The van der Waals surface area contributed by atoms with E-state index < -0.39 is 17.7 Å². The predicted octanol–water partition coefficient (Wildman–Crippen LogP) is 5.10. The summed E-state index contributed by atoms with van der Waals surface area (Å²) < 4.78 is 22.3. The van der Waals surface area contributed by atoms with Crippen LogP contribution in [0.1, 0.15) is 43.2 Å². The van der Waals surface area contributed by atoms with E-state index in [4.69, 9.17) is 18.6 Å². The molecule has 1 fully saturated rings. The molecule has 8 nitrogen and oxygen atoms in total. The molecule has 2 heterocycles. The molecule has 0 spiro atoms. The molecule has 1 aromatic heterocycles. The van der Waals surface area contributed by atoms with Crippen molar-refractivity contribution in [3.63, 3.8) is 0 Å². The number of ketones is 1. The number of rotatable bonds is 10. The van der Waals surface area contributed by atoms with Crippen LogP contribution in [0.3, 0.4) is 0 Å². The quantitative estimate of drug-likeness (QED) is 0.239. The van der Waals surface area contributed by atoms with E-state index in [9.17, 15) is 14.7 Å². The maximum Gasteiger partial charge on any atom is 0.296 e. The van der Waals surface area contributed by atoms with Gasteiger partial charge in [-0.15, -0.1) is 0 Å². The van der Waals surface area contributed by atoms with E-state index in [-0.39, 0.29) is 17.9 Å². The van der Waals surface area contributed by atoms with Crippen molar-refractivity contribution in [3.8, 4) is 17.2 Å². The van der Waals surface area contributed by atoms with Gasteiger partial charge in [0.05, 0.1) is 44.7 Å². The zero-order valence-corrected chi connectivity index (χ0v) is 20.5. The van der Waals surface area contributed by atoms with Gasteiger partial charge in [0.15, 0.2) is 11.5 Å². The first-order valence-corrected chi connectivity index (χ1v) is 11.8. The van der Waals surface area contributed by atoms with Gasteiger partial charge in [0, 0.05) is 5.56 Å². The molecule has 8 heteroatoms. The number of aliphatic hydroxyl groups is 1. The van der Waals surface area contributed by atoms with Gasteiger partial charge >= 0.3 is 0 Å². The zero-order valence-electron chi connectivity index (χ0n) is 20.5. The number of carbonyl (C=O) groups excluding carboxylic acids is 2. The monoisotopic (exact) mass is 491 g/mol. The fourth-order valence-corrected chi connectivity index (χ4v) is 4.16. The van der Waals surface area contributed by atoms with Gasteiger partial charge < -0.3 is 28.6 Å². The largest absolute Gasteiger partial charge is 0.507 e. The van der Waals surface area contributed by atoms with Crippen molar-refractivity contribution in [2.75, 3.05) is 20.3 Å². The normalized spacial score (nSPS) is 16.9. The van der Waals surface area contributed by atoms with Gasteiger partial charge in [-0.05, 0) is 67.4 Å². The number of furan rings is 1. The van der Waals surface area contributed by atoms with Gasteiger partial charge in [0.1, 0.15) is 17.3 Å². The molecule has 1 aliphatic rings. The van der Waals surface area contributed by atoms with Crippen molar-refractivity contribution < 1.29 is 33.3 Å². The average molecular weight is 492 g/mol. The highest BCUT2D eigenvalue weighted by molar-refractivity contribution is 6.46. The second-order valence-electron chi connectivity index (χ2n) is 8.22. The molecule has 0 radical (unpaired) electrons. The maximum absolute atomic E-state index is 13.3. The Hall–Kier alpha value is -4.20. The molecule has 1 unspecified atom stereocenters. The summed E-state index contributed by atoms with van der Waals surface area (Å²) in [4.78, 5) is 27.9. The Morgan fingerprint density at radius 2 is 1.81 bits per heavy atom. The van der Waals surface area contributed by atoms with Crippen molar-refractivity contribution >= 4 is 17.4 Å². The molecule has 2 aromatic carbocycles. The van der Waals surface area contributed by atoms with Crippen LogP contribution >= 0.6 is 0 Å². The highest BCUT2D eigenvalue weighted by Crippen LogP contribution is 2.43. The first-order chi connectivity index (χ1) is 17.5. The smallest absolute Gasteiger partial charge is 0.296 e. The SMILES string of the molecule is CCCOc1ccc(C2/C(=C(\O)c3ccc(OC)cc3)C(=O)C(=O)N2Cc2ccco2)cc1OCC. The zero-order chi connectivity index (χ0) is 25.7. The second-order valence-corrected chi connectivity index (χ2v) is 8.22. The predicted molar refractivity (Wildman–Crippen MR) is 133 cm³/mol. The Kier molecular flexibility index (Phi) is 7.63. The van der Waals surface area contributed by atoms with Crippen LogP contribution in [0.15, 0.2) is 70.9 Å². The van der Waals surface area contributed by atoms with E-state index in [1.54, 1.807) is 61.7 Å². The molecule has 1 atom stereocenters. The van der Waals surface area contributed by atoms with Gasteiger partial charge in [-0.1, -0.05) is 13.0 Å². The molecule has 1 N–H and O–H groups in total. The van der Waals surface area contributed by atoms with Crippen LogP contribution in [0, 0.1) is 0 Å². The van der Waals surface area contributed by atoms with Crippen LogP contribution < -0.4 is 14.2 Å². The van der Waals surface area contributed by atoms with Crippen LogP contribution in [0.25, 0.3) is 5.76 Å². The van der Waals surface area contributed by atoms with E-state index in [1.807, 2.05) is 13.8 Å². The van der Waals surface area contributed by atoms with E-state index >= 15 is 0 Å². The molecule has 0 aliphatic carbocycles. The minimum absolute atomic E-state index is 0.0126. The Morgan fingerprint density at radius 1 is 1.03 bits per heavy atom. The van der Waals surface area contributed by atoms with Gasteiger partial charge in [0.25, 0.3) is 11.7 Å². The lowest BCUT2D eigenvalue weighted by Gasteiger charge is -2.25. The Bertz CT molecular complexity index is 1250. The van der Waals surface area contributed by atoms with Crippen molar-refractivity contribution in [3.05, 3.63) is 83.3 Å². The van der Waals surface area contributed by atoms with Crippen LogP contribution in [0.4, 0.5) is 0 Å². The standard InChI is InChI=1S/C28H29NO7/c1-4-14-36-22-13-10-19(16-23(22)34-5-2)25-24(26(30)18-8-11-20(33-3)12-9-18)27(31)28(32)29(25)17-21-7-6-15-35-21/h6-13,15-16,25,30H,4-5,14,17H2,1-3H3/b26-24+. The van der Waals surface area contributed by atoms with Crippen molar-refractivity contribution in [2.45, 2.75) is 32.9 Å². The lowest BCUT2D eigenvalue weighted by molar-refractivity contribution is -0.140. The van der Waals surface area contributed by atoms with Crippen molar-refractivity contribution in [1.82, 2.24) is 4.90 Å². The minimum atomic E-state index is -0.864. The summed E-state index contributed by atoms with van der Waals surface area (Å²) in [5.74, 6) is 0.411. The summed E-state index contributed by atoms with van der Waals surface area (Å²) in [7, 11) is 1.54. The molecule has 0 saturated carbocycles. The van der Waals surface area contributed by atoms with Crippen LogP contribution in [-0.4, -0.2) is 42.0 Å². The number of likely N-dealkylation sites (tertiary alicyclic amines) is 1.